The predicted octanol–water partition coefficient (Wildman–Crippen LogP) is 5.73. The molecule has 0 aromatic heterocycles. The smallest absolute Gasteiger partial charge is 0.261 e. The molecule has 0 saturated carbocycles. The van der Waals surface area contributed by atoms with E-state index in [1.807, 2.05) is 0 Å². The molecule has 2 rings (SSSR count). The fourth-order valence-corrected chi connectivity index (χ4v) is 10.1. The van der Waals surface area contributed by atoms with Gasteiger partial charge in [-0.1, -0.05) is 102 Å². The lowest BCUT2D eigenvalue weighted by atomic mass is 10.2. The normalized spacial score (nSPS) is 14.4. The molecule has 1 N–H and O–H groups in total. The SMILES string of the molecule is CC(C)(C)[Si](C)(C)O[C@H](CO)CCCO[Si](c1ccccc1)(c1ccccc1)C(C)(C)C. The van der Waals surface area contributed by atoms with E-state index in [-0.39, 0.29) is 22.8 Å². The maximum Gasteiger partial charge on any atom is 0.261 e. The van der Waals surface area contributed by atoms with Crippen molar-refractivity contribution in [3.8, 4) is 0 Å². The Hall–Kier alpha value is -1.25. The average molecular weight is 473 g/mol. The summed E-state index contributed by atoms with van der Waals surface area (Å²) in [5, 5.41) is 12.7. The summed E-state index contributed by atoms with van der Waals surface area (Å²) in [6, 6.07) is 21.5. The van der Waals surface area contributed by atoms with Gasteiger partial charge in [-0.05, 0) is 46.4 Å². The molecule has 0 spiro atoms. The Morgan fingerprint density at radius 3 is 1.62 bits per heavy atom. The highest BCUT2D eigenvalue weighted by Gasteiger charge is 2.50. The minimum Gasteiger partial charge on any atom is -0.412 e. The van der Waals surface area contributed by atoms with Gasteiger partial charge in [-0.15, -0.1) is 0 Å². The van der Waals surface area contributed by atoms with E-state index in [9.17, 15) is 5.11 Å². The molecule has 0 saturated heterocycles. The summed E-state index contributed by atoms with van der Waals surface area (Å²) < 4.78 is 13.4. The summed E-state index contributed by atoms with van der Waals surface area (Å²) >= 11 is 0. The van der Waals surface area contributed by atoms with Gasteiger partial charge in [0.05, 0.1) is 12.7 Å². The van der Waals surface area contributed by atoms with Gasteiger partial charge in [0.1, 0.15) is 0 Å². The van der Waals surface area contributed by atoms with E-state index in [2.05, 4.69) is 115 Å². The van der Waals surface area contributed by atoms with E-state index < -0.39 is 16.6 Å². The predicted molar refractivity (Wildman–Crippen MR) is 142 cm³/mol. The lowest BCUT2D eigenvalue weighted by Gasteiger charge is -2.43. The van der Waals surface area contributed by atoms with Crippen LogP contribution in [0.3, 0.4) is 0 Å². The lowest BCUT2D eigenvalue weighted by Crippen LogP contribution is -2.66. The van der Waals surface area contributed by atoms with Crippen LogP contribution in [-0.2, 0) is 8.85 Å². The Bertz CT molecular complexity index is 769. The van der Waals surface area contributed by atoms with Crippen molar-refractivity contribution < 1.29 is 14.0 Å². The lowest BCUT2D eigenvalue weighted by molar-refractivity contribution is 0.0900. The Kier molecular flexibility index (Phi) is 9.10. The largest absolute Gasteiger partial charge is 0.412 e. The zero-order valence-corrected chi connectivity index (χ0v) is 23.4. The second-order valence-electron chi connectivity index (χ2n) is 11.3. The van der Waals surface area contributed by atoms with Crippen molar-refractivity contribution >= 4 is 27.0 Å². The monoisotopic (exact) mass is 472 g/mol. The third kappa shape index (κ3) is 6.20. The standard InChI is InChI=1S/C27H44O3Si2/c1-26(2,3)31(7,8)30-23(22-28)16-15-21-29-32(27(4,5)6,24-17-11-9-12-18-24)25-19-13-10-14-20-25/h9-14,17-20,23,28H,15-16,21-22H2,1-8H3/t23-/m0/s1. The van der Waals surface area contributed by atoms with Crippen molar-refractivity contribution in [2.45, 2.75) is 83.7 Å². The highest BCUT2D eigenvalue weighted by molar-refractivity contribution is 6.99. The van der Waals surface area contributed by atoms with Crippen LogP contribution in [0.15, 0.2) is 60.7 Å². The molecule has 0 bridgehead atoms. The molecule has 0 aliphatic rings. The zero-order chi connectivity index (χ0) is 24.0. The van der Waals surface area contributed by atoms with E-state index in [1.54, 1.807) is 0 Å². The number of hydrogen-bond acceptors (Lipinski definition) is 3. The topological polar surface area (TPSA) is 38.7 Å². The first-order chi connectivity index (χ1) is 14.8. The van der Waals surface area contributed by atoms with E-state index in [4.69, 9.17) is 8.85 Å². The fraction of sp³-hybridized carbons (Fsp3) is 0.556. The van der Waals surface area contributed by atoms with E-state index in [1.165, 1.54) is 10.4 Å². The van der Waals surface area contributed by atoms with Crippen LogP contribution in [0.4, 0.5) is 0 Å². The number of aliphatic hydroxyl groups is 1. The Labute approximate surface area is 198 Å². The van der Waals surface area contributed by atoms with Gasteiger partial charge < -0.3 is 14.0 Å². The summed E-state index contributed by atoms with van der Waals surface area (Å²) in [7, 11) is -4.42. The van der Waals surface area contributed by atoms with Gasteiger partial charge in [-0.2, -0.15) is 0 Å². The maximum atomic E-state index is 9.96. The molecular weight excluding hydrogens is 428 g/mol. The summed E-state index contributed by atoms with van der Waals surface area (Å²) in [6.07, 6.45) is 1.55. The summed E-state index contributed by atoms with van der Waals surface area (Å²) in [5.41, 5.74) is 0. The first kappa shape index (κ1) is 27.0. The highest BCUT2D eigenvalue weighted by Crippen LogP contribution is 2.38. The molecule has 0 unspecified atom stereocenters. The van der Waals surface area contributed by atoms with E-state index >= 15 is 0 Å². The minimum atomic E-state index is -2.50. The fourth-order valence-electron chi connectivity index (χ4n) is 4.08. The van der Waals surface area contributed by atoms with Crippen LogP contribution in [0.5, 0.6) is 0 Å². The molecule has 5 heteroatoms. The van der Waals surface area contributed by atoms with Crippen molar-refractivity contribution in [3.05, 3.63) is 60.7 Å². The number of hydrogen-bond donors (Lipinski definition) is 1. The Morgan fingerprint density at radius 2 is 1.25 bits per heavy atom. The van der Waals surface area contributed by atoms with Crippen LogP contribution < -0.4 is 10.4 Å². The maximum absolute atomic E-state index is 9.96. The van der Waals surface area contributed by atoms with Crippen LogP contribution in [0.25, 0.3) is 0 Å². The van der Waals surface area contributed by atoms with Gasteiger partial charge in [-0.3, -0.25) is 0 Å². The first-order valence-corrected chi connectivity index (χ1v) is 16.7. The third-order valence-corrected chi connectivity index (χ3v) is 16.5. The second kappa shape index (κ2) is 10.8. The second-order valence-corrected chi connectivity index (χ2v) is 20.4. The number of benzene rings is 2. The molecule has 32 heavy (non-hydrogen) atoms. The first-order valence-electron chi connectivity index (χ1n) is 11.9. The van der Waals surface area contributed by atoms with Gasteiger partial charge in [0.25, 0.3) is 8.32 Å². The van der Waals surface area contributed by atoms with E-state index in [0.29, 0.717) is 6.61 Å². The summed E-state index contributed by atoms with van der Waals surface area (Å²) in [6.45, 7) is 18.8. The number of aliphatic hydroxyl groups excluding tert-OH is 1. The van der Waals surface area contributed by atoms with E-state index in [0.717, 1.165) is 12.8 Å². The van der Waals surface area contributed by atoms with Crippen molar-refractivity contribution in [3.63, 3.8) is 0 Å². The Balaban J connectivity index is 2.22. The number of rotatable bonds is 10. The molecule has 0 radical (unpaired) electrons. The molecule has 1 atom stereocenters. The highest BCUT2D eigenvalue weighted by atomic mass is 28.4. The zero-order valence-electron chi connectivity index (χ0n) is 21.4. The van der Waals surface area contributed by atoms with Crippen molar-refractivity contribution in [2.75, 3.05) is 13.2 Å². The molecule has 3 nitrogen and oxygen atoms in total. The van der Waals surface area contributed by atoms with Crippen molar-refractivity contribution in [1.29, 1.82) is 0 Å². The summed E-state index contributed by atoms with van der Waals surface area (Å²) in [5.74, 6) is 0. The molecule has 2 aromatic rings. The van der Waals surface area contributed by atoms with Gasteiger partial charge in [0, 0.05) is 6.61 Å². The van der Waals surface area contributed by atoms with Gasteiger partial charge in [0.15, 0.2) is 8.32 Å². The molecule has 2 aromatic carbocycles. The summed E-state index contributed by atoms with van der Waals surface area (Å²) in [4.78, 5) is 0. The van der Waals surface area contributed by atoms with Gasteiger partial charge in [0.2, 0.25) is 0 Å². The van der Waals surface area contributed by atoms with Crippen LogP contribution in [0.2, 0.25) is 23.2 Å². The van der Waals surface area contributed by atoms with Crippen LogP contribution in [-0.4, -0.2) is 41.1 Å². The average Bonchev–Trinajstić information content (AvgIpc) is 2.72. The molecule has 178 valence electrons. The van der Waals surface area contributed by atoms with Gasteiger partial charge in [-0.25, -0.2) is 0 Å². The Morgan fingerprint density at radius 1 is 0.781 bits per heavy atom. The van der Waals surface area contributed by atoms with Crippen molar-refractivity contribution in [2.24, 2.45) is 0 Å². The van der Waals surface area contributed by atoms with Crippen molar-refractivity contribution in [1.82, 2.24) is 0 Å². The van der Waals surface area contributed by atoms with Gasteiger partial charge >= 0.3 is 0 Å². The molecular formula is C27H44O3Si2. The van der Waals surface area contributed by atoms with Crippen LogP contribution in [0.1, 0.15) is 54.4 Å². The van der Waals surface area contributed by atoms with Crippen LogP contribution in [0, 0.1) is 0 Å². The minimum absolute atomic E-state index is 0.0241. The molecule has 0 aliphatic carbocycles. The quantitative estimate of drug-likeness (QED) is 0.355. The molecule has 0 aliphatic heterocycles. The third-order valence-electron chi connectivity index (χ3n) is 6.88. The van der Waals surface area contributed by atoms with Crippen LogP contribution >= 0.6 is 0 Å². The molecule has 0 fully saturated rings. The molecule has 0 heterocycles. The molecule has 0 amide bonds.